The van der Waals surface area contributed by atoms with Gasteiger partial charge in [0.15, 0.2) is 11.5 Å². The fourth-order valence-corrected chi connectivity index (χ4v) is 2.75. The van der Waals surface area contributed by atoms with E-state index < -0.39 is 11.7 Å². The van der Waals surface area contributed by atoms with Gasteiger partial charge in [0.1, 0.15) is 17.7 Å². The summed E-state index contributed by atoms with van der Waals surface area (Å²) in [5, 5.41) is 28.0. The molecule has 1 atom stereocenters. The maximum Gasteiger partial charge on any atom is 0.271 e. The smallest absolute Gasteiger partial charge is 0.271 e. The number of Topliss-reactive ketones (excluding diaryl/α,β-unsaturated/α-hetero) is 1. The number of rotatable bonds is 5. The Hall–Kier alpha value is -3.31. The van der Waals surface area contributed by atoms with Crippen LogP contribution in [-0.2, 0) is 4.74 Å². The van der Waals surface area contributed by atoms with Gasteiger partial charge in [0.25, 0.3) is 5.56 Å². The molecular formula is C19H18N4O4. The quantitative estimate of drug-likeness (QED) is 0.494. The van der Waals surface area contributed by atoms with Crippen LogP contribution in [0.4, 0.5) is 11.4 Å². The van der Waals surface area contributed by atoms with Gasteiger partial charge in [-0.2, -0.15) is 5.26 Å². The van der Waals surface area contributed by atoms with Crippen LogP contribution in [0.2, 0.25) is 0 Å². The highest BCUT2D eigenvalue weighted by atomic mass is 16.6. The molecule has 8 heteroatoms. The summed E-state index contributed by atoms with van der Waals surface area (Å²) in [5.41, 5.74) is 0.241. The largest absolute Gasteiger partial charge is 0.493 e. The number of aromatic hydroxyl groups is 1. The van der Waals surface area contributed by atoms with Gasteiger partial charge in [-0.05, 0) is 32.9 Å². The first-order valence-electron chi connectivity index (χ1n) is 8.41. The minimum absolute atomic E-state index is 0.0183. The van der Waals surface area contributed by atoms with Gasteiger partial charge in [0, 0.05) is 17.2 Å². The molecule has 1 fully saturated rings. The van der Waals surface area contributed by atoms with Crippen molar-refractivity contribution in [3.05, 3.63) is 51.3 Å². The van der Waals surface area contributed by atoms with Crippen LogP contribution in [-0.4, -0.2) is 28.2 Å². The summed E-state index contributed by atoms with van der Waals surface area (Å²) >= 11 is 0. The third-order valence-corrected chi connectivity index (χ3v) is 4.28. The molecule has 1 saturated heterocycles. The summed E-state index contributed by atoms with van der Waals surface area (Å²) in [5.74, 6) is -0.556. The predicted octanol–water partition coefficient (Wildman–Crippen LogP) is 3.31. The predicted molar refractivity (Wildman–Crippen MR) is 96.9 cm³/mol. The van der Waals surface area contributed by atoms with Crippen LogP contribution < -0.4 is 5.56 Å². The number of hydrogen-bond donors (Lipinski definition) is 1. The highest BCUT2D eigenvalue weighted by Crippen LogP contribution is 2.34. The molecule has 2 heterocycles. The van der Waals surface area contributed by atoms with E-state index in [9.17, 15) is 20.0 Å². The Morgan fingerprint density at radius 1 is 1.37 bits per heavy atom. The van der Waals surface area contributed by atoms with E-state index >= 15 is 0 Å². The summed E-state index contributed by atoms with van der Waals surface area (Å²) in [6.07, 6.45) is -0.454. The second-order valence-electron chi connectivity index (χ2n) is 6.46. The van der Waals surface area contributed by atoms with E-state index in [0.29, 0.717) is 17.9 Å². The third-order valence-electron chi connectivity index (χ3n) is 4.28. The van der Waals surface area contributed by atoms with Crippen molar-refractivity contribution in [2.45, 2.75) is 32.9 Å². The van der Waals surface area contributed by atoms with Gasteiger partial charge in [0.05, 0.1) is 12.3 Å². The van der Waals surface area contributed by atoms with E-state index in [1.807, 2.05) is 6.07 Å². The summed E-state index contributed by atoms with van der Waals surface area (Å²) in [6.45, 7) is 5.33. The van der Waals surface area contributed by atoms with Crippen LogP contribution in [0.15, 0.2) is 39.3 Å². The summed E-state index contributed by atoms with van der Waals surface area (Å²) < 4.78 is 6.12. The van der Waals surface area contributed by atoms with Crippen molar-refractivity contribution in [2.24, 2.45) is 10.2 Å². The molecule has 0 saturated carbocycles. The molecule has 0 aliphatic carbocycles. The van der Waals surface area contributed by atoms with Gasteiger partial charge in [-0.3, -0.25) is 14.2 Å². The van der Waals surface area contributed by atoms with Crippen molar-refractivity contribution >= 4 is 17.2 Å². The van der Waals surface area contributed by atoms with Crippen molar-refractivity contribution in [3.63, 3.8) is 0 Å². The number of nitrogens with zero attached hydrogens (tertiary/aromatic N) is 4. The lowest BCUT2D eigenvalue weighted by Gasteiger charge is -2.15. The van der Waals surface area contributed by atoms with Crippen LogP contribution in [0.5, 0.6) is 5.88 Å². The van der Waals surface area contributed by atoms with E-state index in [-0.39, 0.29) is 34.5 Å². The van der Waals surface area contributed by atoms with E-state index in [1.54, 1.807) is 38.1 Å². The van der Waals surface area contributed by atoms with Crippen molar-refractivity contribution in [1.82, 2.24) is 4.57 Å². The molecule has 27 heavy (non-hydrogen) atoms. The molecule has 1 aromatic carbocycles. The molecule has 1 unspecified atom stereocenters. The Labute approximate surface area is 155 Å². The van der Waals surface area contributed by atoms with E-state index in [1.165, 1.54) is 6.92 Å². The van der Waals surface area contributed by atoms with Crippen molar-refractivity contribution in [3.8, 4) is 11.9 Å². The number of azo groups is 1. The number of nitriles is 1. The molecule has 1 N–H and O–H groups in total. The Morgan fingerprint density at radius 3 is 2.63 bits per heavy atom. The number of pyridine rings is 1. The average Bonchev–Trinajstić information content (AvgIpc) is 3.46. The molecule has 1 aliphatic rings. The third kappa shape index (κ3) is 3.37. The number of benzene rings is 1. The van der Waals surface area contributed by atoms with Gasteiger partial charge in [0.2, 0.25) is 5.88 Å². The standard InChI is InChI=1S/C19H18N4O4/c1-10(2)23-18(25)13(8-20)11(3)16(19(23)26)22-21-14-7-5-4-6-12(14)17(24)15-9-27-15/h4-7,10,15,26H,9H2,1-3H3. The fourth-order valence-electron chi connectivity index (χ4n) is 2.75. The first-order chi connectivity index (χ1) is 12.9. The monoisotopic (exact) mass is 366 g/mol. The van der Waals surface area contributed by atoms with Crippen LogP contribution in [0, 0.1) is 18.3 Å². The second-order valence-corrected chi connectivity index (χ2v) is 6.46. The van der Waals surface area contributed by atoms with Crippen molar-refractivity contribution in [2.75, 3.05) is 6.61 Å². The Balaban J connectivity index is 2.12. The van der Waals surface area contributed by atoms with E-state index in [0.717, 1.165) is 4.57 Å². The van der Waals surface area contributed by atoms with Gasteiger partial charge in [-0.25, -0.2) is 0 Å². The number of ketones is 1. The van der Waals surface area contributed by atoms with Crippen LogP contribution in [0.3, 0.4) is 0 Å². The number of aromatic nitrogens is 1. The molecule has 3 rings (SSSR count). The SMILES string of the molecule is Cc1c(N=Nc2ccccc2C(=O)C2CO2)c(O)n(C(C)C)c(=O)c1C#N. The molecule has 0 spiro atoms. The molecule has 0 amide bonds. The Morgan fingerprint density at radius 2 is 2.04 bits per heavy atom. The molecule has 8 nitrogen and oxygen atoms in total. The zero-order chi connectivity index (χ0) is 19.7. The lowest BCUT2D eigenvalue weighted by Crippen LogP contribution is -2.25. The number of hydrogen-bond acceptors (Lipinski definition) is 7. The molecule has 138 valence electrons. The van der Waals surface area contributed by atoms with Crippen LogP contribution in [0.25, 0.3) is 0 Å². The number of carbonyl (C=O) groups is 1. The number of ether oxygens (including phenoxy) is 1. The topological polar surface area (TPSA) is 120 Å². The highest BCUT2D eigenvalue weighted by Gasteiger charge is 2.33. The maximum atomic E-state index is 12.4. The summed E-state index contributed by atoms with van der Waals surface area (Å²) in [7, 11) is 0. The number of carbonyl (C=O) groups excluding carboxylic acids is 1. The average molecular weight is 366 g/mol. The Kier molecular flexibility index (Phi) is 4.88. The molecular weight excluding hydrogens is 348 g/mol. The minimum atomic E-state index is -0.581. The first-order valence-corrected chi connectivity index (χ1v) is 8.41. The second kappa shape index (κ2) is 7.13. The molecule has 1 aliphatic heterocycles. The highest BCUT2D eigenvalue weighted by molar-refractivity contribution is 6.04. The van der Waals surface area contributed by atoms with Crippen LogP contribution >= 0.6 is 0 Å². The Bertz CT molecular complexity index is 1040. The zero-order valence-electron chi connectivity index (χ0n) is 15.1. The molecule has 1 aromatic heterocycles. The molecule has 0 radical (unpaired) electrons. The van der Waals surface area contributed by atoms with E-state index in [4.69, 9.17) is 4.74 Å². The minimum Gasteiger partial charge on any atom is -0.493 e. The summed E-state index contributed by atoms with van der Waals surface area (Å²) in [4.78, 5) is 24.7. The summed E-state index contributed by atoms with van der Waals surface area (Å²) in [6, 6.07) is 8.15. The first kappa shape index (κ1) is 18.5. The lowest BCUT2D eigenvalue weighted by atomic mass is 10.1. The molecule has 0 bridgehead atoms. The van der Waals surface area contributed by atoms with Gasteiger partial charge >= 0.3 is 0 Å². The zero-order valence-corrected chi connectivity index (χ0v) is 15.1. The molecule has 2 aromatic rings. The maximum absolute atomic E-state index is 12.4. The van der Waals surface area contributed by atoms with Gasteiger partial charge in [-0.15, -0.1) is 10.2 Å². The van der Waals surface area contributed by atoms with Crippen LogP contribution in [0.1, 0.15) is 41.4 Å². The fraction of sp³-hybridized carbons (Fsp3) is 0.316. The van der Waals surface area contributed by atoms with Gasteiger partial charge in [-0.1, -0.05) is 12.1 Å². The normalized spacial score (nSPS) is 15.9. The van der Waals surface area contributed by atoms with E-state index in [2.05, 4.69) is 10.2 Å². The van der Waals surface area contributed by atoms with Crippen molar-refractivity contribution < 1.29 is 14.6 Å². The number of epoxide rings is 1. The van der Waals surface area contributed by atoms with Gasteiger partial charge < -0.3 is 9.84 Å². The lowest BCUT2D eigenvalue weighted by molar-refractivity contribution is 0.0954. The van der Waals surface area contributed by atoms with Crippen molar-refractivity contribution in [1.29, 1.82) is 5.26 Å².